The predicted octanol–water partition coefficient (Wildman–Crippen LogP) is 4.57. The van der Waals surface area contributed by atoms with Gasteiger partial charge in [0.2, 0.25) is 0 Å². The van der Waals surface area contributed by atoms with Crippen LogP contribution in [0.25, 0.3) is 28.2 Å². The van der Waals surface area contributed by atoms with Crippen LogP contribution >= 0.6 is 12.4 Å². The first-order valence-electron chi connectivity index (χ1n) is 9.37. The summed E-state index contributed by atoms with van der Waals surface area (Å²) in [5.41, 5.74) is 3.88. The first-order chi connectivity index (χ1) is 15.3. The molecule has 3 aromatic heterocycles. The maximum absolute atomic E-state index is 12.3. The largest absolute Gasteiger partial charge is 0.493 e. The van der Waals surface area contributed by atoms with E-state index in [2.05, 4.69) is 20.3 Å². The zero-order valence-electron chi connectivity index (χ0n) is 17.1. The average Bonchev–Trinajstić information content (AvgIpc) is 3.21. The number of nitrogens with one attached hydrogen (secondary N) is 2. The number of benzene rings is 1. The SMILES string of the molecule is COc1cncnc1-c1ccn2c(-c3cccc(NC(=O)NCC(F)(F)F)c3)cnc2c1.Cl. The maximum atomic E-state index is 12.3. The van der Waals surface area contributed by atoms with Gasteiger partial charge in [0, 0.05) is 23.0 Å². The van der Waals surface area contributed by atoms with Gasteiger partial charge >= 0.3 is 12.2 Å². The first-order valence-corrected chi connectivity index (χ1v) is 9.37. The Kier molecular flexibility index (Phi) is 7.02. The highest BCUT2D eigenvalue weighted by atomic mass is 35.5. The van der Waals surface area contributed by atoms with Crippen molar-refractivity contribution in [2.45, 2.75) is 6.18 Å². The van der Waals surface area contributed by atoms with Crippen LogP contribution in [0.4, 0.5) is 23.7 Å². The van der Waals surface area contributed by atoms with Gasteiger partial charge in [-0.1, -0.05) is 12.1 Å². The van der Waals surface area contributed by atoms with Crippen molar-refractivity contribution < 1.29 is 22.7 Å². The minimum atomic E-state index is -4.48. The molecule has 0 spiro atoms. The lowest BCUT2D eigenvalue weighted by molar-refractivity contribution is -0.122. The van der Waals surface area contributed by atoms with Gasteiger partial charge < -0.3 is 15.4 Å². The highest BCUT2D eigenvalue weighted by Crippen LogP contribution is 2.29. The van der Waals surface area contributed by atoms with E-state index in [0.29, 0.717) is 22.8 Å². The smallest absolute Gasteiger partial charge is 0.405 e. The molecule has 0 radical (unpaired) electrons. The molecule has 3 heterocycles. The van der Waals surface area contributed by atoms with Crippen LogP contribution in [0.15, 0.2) is 61.3 Å². The lowest BCUT2D eigenvalue weighted by Crippen LogP contribution is -2.36. The Bertz CT molecular complexity index is 1280. The molecule has 4 aromatic rings. The Balaban J connectivity index is 0.00000306. The van der Waals surface area contributed by atoms with E-state index in [9.17, 15) is 18.0 Å². The monoisotopic (exact) mass is 478 g/mol. The quantitative estimate of drug-likeness (QED) is 0.438. The molecule has 0 fully saturated rings. The topological polar surface area (TPSA) is 93.4 Å². The molecule has 12 heteroatoms. The van der Waals surface area contributed by atoms with Crippen molar-refractivity contribution in [1.82, 2.24) is 24.7 Å². The van der Waals surface area contributed by atoms with Crippen LogP contribution in [0.3, 0.4) is 0 Å². The Morgan fingerprint density at radius 3 is 2.70 bits per heavy atom. The lowest BCUT2D eigenvalue weighted by Gasteiger charge is -2.11. The lowest BCUT2D eigenvalue weighted by atomic mass is 10.1. The number of carbonyl (C=O) groups excluding carboxylic acids is 1. The molecule has 0 unspecified atom stereocenters. The van der Waals surface area contributed by atoms with Crippen LogP contribution in [0.1, 0.15) is 0 Å². The zero-order valence-corrected chi connectivity index (χ0v) is 17.9. The van der Waals surface area contributed by atoms with Gasteiger partial charge in [0.15, 0.2) is 5.75 Å². The van der Waals surface area contributed by atoms with E-state index < -0.39 is 18.8 Å². The first kappa shape index (κ1) is 23.8. The number of hydrogen-bond donors (Lipinski definition) is 2. The number of fused-ring (bicyclic) bond motifs is 1. The summed E-state index contributed by atoms with van der Waals surface area (Å²) in [6, 6.07) is 9.49. The van der Waals surface area contributed by atoms with E-state index in [1.54, 1.807) is 43.0 Å². The summed E-state index contributed by atoms with van der Waals surface area (Å²) in [5, 5.41) is 4.17. The molecule has 0 saturated heterocycles. The number of imidazole rings is 1. The molecular formula is C21H18ClF3N6O2. The van der Waals surface area contributed by atoms with Gasteiger partial charge in [0.05, 0.1) is 25.2 Å². The third-order valence-corrected chi connectivity index (χ3v) is 4.55. The van der Waals surface area contributed by atoms with E-state index in [1.807, 2.05) is 28.8 Å². The van der Waals surface area contributed by atoms with E-state index >= 15 is 0 Å². The second kappa shape index (κ2) is 9.74. The van der Waals surface area contributed by atoms with Gasteiger partial charge in [0.1, 0.15) is 24.2 Å². The number of anilines is 1. The van der Waals surface area contributed by atoms with Crippen molar-refractivity contribution in [1.29, 1.82) is 0 Å². The van der Waals surface area contributed by atoms with Gasteiger partial charge in [-0.2, -0.15) is 13.2 Å². The average molecular weight is 479 g/mol. The molecule has 0 aliphatic heterocycles. The molecule has 1 aromatic carbocycles. The fourth-order valence-electron chi connectivity index (χ4n) is 3.14. The van der Waals surface area contributed by atoms with Gasteiger partial charge in [-0.3, -0.25) is 4.40 Å². The molecule has 2 N–H and O–H groups in total. The molecule has 0 saturated carbocycles. The van der Waals surface area contributed by atoms with Crippen molar-refractivity contribution in [3.63, 3.8) is 0 Å². The molecule has 8 nitrogen and oxygen atoms in total. The summed E-state index contributed by atoms with van der Waals surface area (Å²) < 4.78 is 44.0. The number of methoxy groups -OCH3 is 1. The molecule has 0 aliphatic rings. The second-order valence-electron chi connectivity index (χ2n) is 6.73. The van der Waals surface area contributed by atoms with Crippen LogP contribution in [-0.4, -0.2) is 45.2 Å². The summed E-state index contributed by atoms with van der Waals surface area (Å²) in [6.45, 7) is -1.41. The van der Waals surface area contributed by atoms with E-state index in [0.717, 1.165) is 16.8 Å². The molecule has 2 amide bonds. The number of ether oxygens (including phenoxy) is 1. The molecular weight excluding hydrogens is 461 g/mol. The van der Waals surface area contributed by atoms with Crippen molar-refractivity contribution >= 4 is 29.8 Å². The van der Waals surface area contributed by atoms with Crippen LogP contribution in [0.5, 0.6) is 5.75 Å². The zero-order chi connectivity index (χ0) is 22.7. The minimum absolute atomic E-state index is 0. The Labute approximate surface area is 192 Å². The summed E-state index contributed by atoms with van der Waals surface area (Å²) in [6.07, 6.45) is 2.02. The molecule has 0 bridgehead atoms. The number of halogens is 4. The highest BCUT2D eigenvalue weighted by Gasteiger charge is 2.27. The number of rotatable bonds is 5. The predicted molar refractivity (Wildman–Crippen MR) is 119 cm³/mol. The molecule has 0 atom stereocenters. The summed E-state index contributed by atoms with van der Waals surface area (Å²) in [7, 11) is 1.54. The fourth-order valence-corrected chi connectivity index (χ4v) is 3.14. The fraction of sp³-hybridized carbons (Fsp3) is 0.143. The van der Waals surface area contributed by atoms with Crippen molar-refractivity contribution in [3.8, 4) is 28.3 Å². The number of nitrogens with zero attached hydrogens (tertiary/aromatic N) is 4. The standard InChI is InChI=1S/C21H17F3N6O2.ClH/c1-32-17-10-25-12-28-19(17)14-5-6-30-16(9-26-18(30)8-14)13-3-2-4-15(7-13)29-20(31)27-11-21(22,23)24;/h2-10,12H,11H2,1H3,(H2,27,29,31);1H. The van der Waals surface area contributed by atoms with Crippen LogP contribution in [0.2, 0.25) is 0 Å². The molecule has 0 aliphatic carbocycles. The number of pyridine rings is 1. The molecule has 172 valence electrons. The Morgan fingerprint density at radius 1 is 1.12 bits per heavy atom. The van der Waals surface area contributed by atoms with Crippen molar-refractivity contribution in [2.75, 3.05) is 19.0 Å². The molecule has 33 heavy (non-hydrogen) atoms. The third-order valence-electron chi connectivity index (χ3n) is 4.55. The highest BCUT2D eigenvalue weighted by molar-refractivity contribution is 5.90. The number of urea groups is 1. The Hall–Kier alpha value is -3.86. The Morgan fingerprint density at radius 2 is 1.94 bits per heavy atom. The third kappa shape index (κ3) is 5.50. The number of amides is 2. The molecule has 4 rings (SSSR count). The van der Waals surface area contributed by atoms with Crippen molar-refractivity contribution in [2.24, 2.45) is 0 Å². The number of alkyl halides is 3. The summed E-state index contributed by atoms with van der Waals surface area (Å²) in [4.78, 5) is 24.4. The van der Waals surface area contributed by atoms with Gasteiger partial charge in [-0.25, -0.2) is 19.7 Å². The maximum Gasteiger partial charge on any atom is 0.405 e. The normalized spacial score (nSPS) is 11.0. The van der Waals surface area contributed by atoms with Gasteiger partial charge in [-0.15, -0.1) is 12.4 Å². The van der Waals surface area contributed by atoms with Gasteiger partial charge in [0.25, 0.3) is 0 Å². The summed E-state index contributed by atoms with van der Waals surface area (Å²) in [5.74, 6) is 0.534. The second-order valence-corrected chi connectivity index (χ2v) is 6.73. The van der Waals surface area contributed by atoms with E-state index in [-0.39, 0.29) is 12.4 Å². The number of aromatic nitrogens is 4. The van der Waals surface area contributed by atoms with Crippen LogP contribution in [0, 0.1) is 0 Å². The van der Waals surface area contributed by atoms with E-state index in [1.165, 1.54) is 6.33 Å². The van der Waals surface area contributed by atoms with E-state index in [4.69, 9.17) is 4.74 Å². The van der Waals surface area contributed by atoms with Crippen LogP contribution < -0.4 is 15.4 Å². The summed E-state index contributed by atoms with van der Waals surface area (Å²) >= 11 is 0. The van der Waals surface area contributed by atoms with Crippen LogP contribution in [-0.2, 0) is 0 Å². The number of hydrogen-bond acceptors (Lipinski definition) is 5. The minimum Gasteiger partial charge on any atom is -0.493 e. The van der Waals surface area contributed by atoms with Gasteiger partial charge in [-0.05, 0) is 24.3 Å². The van der Waals surface area contributed by atoms with Crippen molar-refractivity contribution in [3.05, 3.63) is 61.3 Å². The number of carbonyl (C=O) groups is 1.